The predicted molar refractivity (Wildman–Crippen MR) is 76.8 cm³/mol. The van der Waals surface area contributed by atoms with Crippen LogP contribution in [-0.2, 0) is 6.42 Å². The Balaban J connectivity index is 1.63. The molecule has 6 nitrogen and oxygen atoms in total. The fourth-order valence-electron chi connectivity index (χ4n) is 2.12. The Kier molecular flexibility index (Phi) is 3.48. The van der Waals surface area contributed by atoms with Gasteiger partial charge in [-0.2, -0.15) is 10.4 Å². The highest BCUT2D eigenvalue weighted by Gasteiger charge is 2.26. The second-order valence-corrected chi connectivity index (χ2v) is 5.13. The maximum Gasteiger partial charge on any atom is 0.195 e. The number of aromatic amines is 1. The van der Waals surface area contributed by atoms with Gasteiger partial charge in [0.2, 0.25) is 0 Å². The van der Waals surface area contributed by atoms with E-state index in [1.165, 1.54) is 12.8 Å². The largest absolute Gasteiger partial charge is 0.370 e. The molecule has 2 N–H and O–H groups in total. The molecule has 0 bridgehead atoms. The van der Waals surface area contributed by atoms with Gasteiger partial charge in [0.1, 0.15) is 23.4 Å². The fraction of sp³-hybridized carbons (Fsp3) is 0.385. The van der Waals surface area contributed by atoms with E-state index in [0.717, 1.165) is 12.2 Å². The molecule has 7 heteroatoms. The summed E-state index contributed by atoms with van der Waals surface area (Å²) in [7, 11) is 0. The van der Waals surface area contributed by atoms with E-state index in [1.807, 2.05) is 18.2 Å². The van der Waals surface area contributed by atoms with E-state index in [2.05, 4.69) is 25.1 Å². The molecule has 0 amide bonds. The summed E-state index contributed by atoms with van der Waals surface area (Å²) in [6, 6.07) is 7.89. The van der Waals surface area contributed by atoms with E-state index in [-0.39, 0.29) is 0 Å². The molecule has 2 aromatic rings. The zero-order valence-electron chi connectivity index (χ0n) is 10.8. The third-order valence-corrected chi connectivity index (χ3v) is 3.50. The molecule has 1 aliphatic rings. The second-order valence-electron chi connectivity index (χ2n) is 4.74. The van der Waals surface area contributed by atoms with Gasteiger partial charge in [-0.25, -0.2) is 4.98 Å². The van der Waals surface area contributed by atoms with Gasteiger partial charge in [0.25, 0.3) is 0 Å². The van der Waals surface area contributed by atoms with Crippen molar-refractivity contribution in [2.75, 3.05) is 11.9 Å². The monoisotopic (exact) mass is 286 g/mol. The summed E-state index contributed by atoms with van der Waals surface area (Å²) in [5.41, 5.74) is 0.413. The molecule has 1 saturated carbocycles. The number of nitrogens with one attached hydrogen (secondary N) is 2. The molecular formula is C13H14N6S. The number of nitriles is 1. The van der Waals surface area contributed by atoms with Gasteiger partial charge in [-0.1, -0.05) is 6.07 Å². The highest BCUT2D eigenvalue weighted by Crippen LogP contribution is 2.35. The SMILES string of the molecule is N#Cc1cccc(NCCc2n[nH]c(=S)n2C2CC2)n1. The number of H-pyrrole nitrogens is 1. The zero-order chi connectivity index (χ0) is 13.9. The molecule has 1 fully saturated rings. The number of aromatic nitrogens is 4. The quantitative estimate of drug-likeness (QED) is 0.823. The molecule has 102 valence electrons. The lowest BCUT2D eigenvalue weighted by Crippen LogP contribution is -2.11. The Morgan fingerprint density at radius 2 is 2.35 bits per heavy atom. The number of pyridine rings is 1. The van der Waals surface area contributed by atoms with E-state index in [0.29, 0.717) is 28.9 Å². The highest BCUT2D eigenvalue weighted by atomic mass is 32.1. The first-order valence-electron chi connectivity index (χ1n) is 6.55. The summed E-state index contributed by atoms with van der Waals surface area (Å²) < 4.78 is 2.81. The van der Waals surface area contributed by atoms with Gasteiger partial charge >= 0.3 is 0 Å². The zero-order valence-corrected chi connectivity index (χ0v) is 11.7. The van der Waals surface area contributed by atoms with Crippen LogP contribution in [0.5, 0.6) is 0 Å². The highest BCUT2D eigenvalue weighted by molar-refractivity contribution is 7.71. The summed E-state index contributed by atoms with van der Waals surface area (Å²) in [6.07, 6.45) is 3.13. The van der Waals surface area contributed by atoms with Gasteiger partial charge in [0, 0.05) is 19.0 Å². The van der Waals surface area contributed by atoms with Crippen molar-refractivity contribution in [3.05, 3.63) is 34.5 Å². The molecular weight excluding hydrogens is 272 g/mol. The van der Waals surface area contributed by atoms with Crippen molar-refractivity contribution in [2.24, 2.45) is 0 Å². The number of rotatable bonds is 5. The van der Waals surface area contributed by atoms with Crippen LogP contribution in [0.25, 0.3) is 0 Å². The maximum absolute atomic E-state index is 8.80. The van der Waals surface area contributed by atoms with Crippen molar-refractivity contribution in [1.82, 2.24) is 19.7 Å². The van der Waals surface area contributed by atoms with Crippen LogP contribution in [0.3, 0.4) is 0 Å². The normalized spacial score (nSPS) is 13.9. The minimum atomic E-state index is 0.413. The van der Waals surface area contributed by atoms with Crippen LogP contribution in [0, 0.1) is 16.1 Å². The number of nitrogens with zero attached hydrogens (tertiary/aromatic N) is 4. The Labute approximate surface area is 121 Å². The summed E-state index contributed by atoms with van der Waals surface area (Å²) in [5, 5.41) is 19.1. The number of hydrogen-bond acceptors (Lipinski definition) is 5. The lowest BCUT2D eigenvalue weighted by Gasteiger charge is -2.07. The van der Waals surface area contributed by atoms with Crippen LogP contribution in [0.4, 0.5) is 5.82 Å². The van der Waals surface area contributed by atoms with Crippen LogP contribution in [0.15, 0.2) is 18.2 Å². The molecule has 1 aliphatic carbocycles. The molecule has 0 unspecified atom stereocenters. The van der Waals surface area contributed by atoms with E-state index in [4.69, 9.17) is 17.5 Å². The minimum absolute atomic E-state index is 0.413. The van der Waals surface area contributed by atoms with Gasteiger partial charge in [0.15, 0.2) is 4.77 Å². The topological polar surface area (TPSA) is 82.3 Å². The van der Waals surface area contributed by atoms with Gasteiger partial charge in [-0.15, -0.1) is 0 Å². The lowest BCUT2D eigenvalue weighted by atomic mass is 10.3. The Hall–Kier alpha value is -2.20. The van der Waals surface area contributed by atoms with Crippen LogP contribution < -0.4 is 5.32 Å². The van der Waals surface area contributed by atoms with Gasteiger partial charge < -0.3 is 9.88 Å². The molecule has 0 aliphatic heterocycles. The average molecular weight is 286 g/mol. The maximum atomic E-state index is 8.80. The Bertz CT molecular complexity index is 706. The third-order valence-electron chi connectivity index (χ3n) is 3.21. The molecule has 0 spiro atoms. The minimum Gasteiger partial charge on any atom is -0.370 e. The van der Waals surface area contributed by atoms with Crippen molar-refractivity contribution in [1.29, 1.82) is 5.26 Å². The standard InChI is InChI=1S/C13H14N6S/c14-8-9-2-1-3-11(16-9)15-7-6-12-17-18-13(20)19(12)10-4-5-10/h1-3,10H,4-7H2,(H,15,16)(H,18,20). The average Bonchev–Trinajstić information content (AvgIpc) is 3.24. The van der Waals surface area contributed by atoms with Crippen molar-refractivity contribution in [2.45, 2.75) is 25.3 Å². The second kappa shape index (κ2) is 5.43. The molecule has 0 saturated heterocycles. The van der Waals surface area contributed by atoms with E-state index in [1.54, 1.807) is 6.07 Å². The molecule has 3 rings (SSSR count). The summed E-state index contributed by atoms with van der Waals surface area (Å²) in [5.74, 6) is 1.68. The van der Waals surface area contributed by atoms with Crippen LogP contribution in [0.2, 0.25) is 0 Å². The van der Waals surface area contributed by atoms with Gasteiger partial charge in [-0.3, -0.25) is 5.10 Å². The Morgan fingerprint density at radius 1 is 1.50 bits per heavy atom. The van der Waals surface area contributed by atoms with E-state index in [9.17, 15) is 0 Å². The smallest absolute Gasteiger partial charge is 0.195 e. The molecule has 0 atom stereocenters. The van der Waals surface area contributed by atoms with Crippen LogP contribution in [-0.4, -0.2) is 26.3 Å². The summed E-state index contributed by atoms with van der Waals surface area (Å²) in [6.45, 7) is 0.703. The van der Waals surface area contributed by atoms with Crippen molar-refractivity contribution in [3.63, 3.8) is 0 Å². The van der Waals surface area contributed by atoms with Gasteiger partial charge in [-0.05, 0) is 37.2 Å². The van der Waals surface area contributed by atoms with Crippen LogP contribution in [0.1, 0.15) is 30.4 Å². The van der Waals surface area contributed by atoms with Crippen LogP contribution >= 0.6 is 12.2 Å². The molecule has 0 aromatic carbocycles. The molecule has 2 aromatic heterocycles. The van der Waals surface area contributed by atoms with E-state index < -0.39 is 0 Å². The van der Waals surface area contributed by atoms with Crippen molar-refractivity contribution < 1.29 is 0 Å². The van der Waals surface area contributed by atoms with Crippen molar-refractivity contribution in [3.8, 4) is 6.07 Å². The van der Waals surface area contributed by atoms with Crippen molar-refractivity contribution >= 4 is 18.0 Å². The lowest BCUT2D eigenvalue weighted by molar-refractivity contribution is 0.673. The Morgan fingerprint density at radius 3 is 3.10 bits per heavy atom. The number of anilines is 1. The summed E-state index contributed by atoms with van der Waals surface area (Å²) in [4.78, 5) is 4.17. The first-order valence-corrected chi connectivity index (χ1v) is 6.95. The third kappa shape index (κ3) is 2.70. The molecule has 20 heavy (non-hydrogen) atoms. The summed E-state index contributed by atoms with van der Waals surface area (Å²) >= 11 is 5.24. The van der Waals surface area contributed by atoms with E-state index >= 15 is 0 Å². The number of hydrogen-bond donors (Lipinski definition) is 2. The first-order chi connectivity index (χ1) is 9.78. The van der Waals surface area contributed by atoms with Gasteiger partial charge in [0.05, 0.1) is 0 Å². The molecule has 2 heterocycles. The molecule has 0 radical (unpaired) electrons. The fourth-order valence-corrected chi connectivity index (χ4v) is 2.42. The predicted octanol–water partition coefficient (Wildman–Crippen LogP) is 2.20. The first kappa shape index (κ1) is 12.8.